The Hall–Kier alpha value is -3.01. The topological polar surface area (TPSA) is 126 Å². The van der Waals surface area contributed by atoms with Gasteiger partial charge >= 0.3 is 13.2 Å². The highest BCUT2D eigenvalue weighted by molar-refractivity contribution is 6.43. The standard InChI is InChI=1S/C28H39BF2N4O5/c1-20(16-26(2,3)34-14-12-28(30,31)18-34)22(17-32)24(36)35-13-8-11-27(35,4)19-40-25(37)33-23(29(38)39)15-21-9-6-5-7-10-21/h5-7,9-10,16,22-23,38-39H,8,11-15,18-19H2,1-4H3,(H,33,37)/b20-16+/t22?,23-,27+/m0/s1. The second-order valence-corrected chi connectivity index (χ2v) is 11.7. The number of alkyl halides is 2. The molecule has 2 aliphatic heterocycles. The lowest BCUT2D eigenvalue weighted by atomic mass is 9.76. The molecule has 2 saturated heterocycles. The van der Waals surface area contributed by atoms with E-state index in [1.807, 2.05) is 6.07 Å². The lowest BCUT2D eigenvalue weighted by Crippen LogP contribution is -2.53. The maximum absolute atomic E-state index is 13.8. The number of hydrogen-bond acceptors (Lipinski definition) is 7. The molecule has 2 heterocycles. The van der Waals surface area contributed by atoms with E-state index in [1.165, 1.54) is 0 Å². The van der Waals surface area contributed by atoms with Crippen LogP contribution in [0.5, 0.6) is 0 Å². The molecule has 40 heavy (non-hydrogen) atoms. The van der Waals surface area contributed by atoms with E-state index >= 15 is 0 Å². The minimum absolute atomic E-state index is 0.153. The van der Waals surface area contributed by atoms with Crippen LogP contribution < -0.4 is 5.32 Å². The van der Waals surface area contributed by atoms with Crippen molar-refractivity contribution in [3.63, 3.8) is 0 Å². The number of hydrogen-bond donors (Lipinski definition) is 3. The van der Waals surface area contributed by atoms with Crippen LogP contribution in [0, 0.1) is 17.2 Å². The zero-order chi connectivity index (χ0) is 29.7. The molecule has 3 atom stereocenters. The van der Waals surface area contributed by atoms with Crippen molar-refractivity contribution in [2.24, 2.45) is 5.92 Å². The second-order valence-electron chi connectivity index (χ2n) is 11.7. The van der Waals surface area contributed by atoms with Crippen molar-refractivity contribution in [1.82, 2.24) is 15.1 Å². The molecule has 1 aromatic rings. The average molecular weight is 560 g/mol. The molecule has 9 nitrogen and oxygen atoms in total. The maximum Gasteiger partial charge on any atom is 0.475 e. The van der Waals surface area contributed by atoms with Crippen LogP contribution in [0.3, 0.4) is 0 Å². The quantitative estimate of drug-likeness (QED) is 0.297. The van der Waals surface area contributed by atoms with Crippen LogP contribution in [0.4, 0.5) is 13.6 Å². The van der Waals surface area contributed by atoms with Gasteiger partial charge in [0.05, 0.1) is 24.1 Å². The van der Waals surface area contributed by atoms with Crippen molar-refractivity contribution in [2.75, 3.05) is 26.2 Å². The molecule has 0 aliphatic carbocycles. The summed E-state index contributed by atoms with van der Waals surface area (Å²) in [6.45, 7) is 7.08. The number of nitrogens with zero attached hydrogens (tertiary/aromatic N) is 3. The smallest absolute Gasteiger partial charge is 0.447 e. The van der Waals surface area contributed by atoms with E-state index in [0.717, 1.165) is 5.56 Å². The van der Waals surface area contributed by atoms with Crippen LogP contribution in [-0.4, -0.2) is 88.1 Å². The fourth-order valence-electron chi connectivity index (χ4n) is 5.53. The van der Waals surface area contributed by atoms with E-state index in [0.29, 0.717) is 25.0 Å². The number of nitriles is 1. The van der Waals surface area contributed by atoms with Gasteiger partial charge in [0.15, 0.2) is 0 Å². The molecule has 2 fully saturated rings. The van der Waals surface area contributed by atoms with Gasteiger partial charge in [-0.05, 0) is 58.1 Å². The van der Waals surface area contributed by atoms with Crippen LogP contribution in [0.25, 0.3) is 0 Å². The predicted octanol–water partition coefficient (Wildman–Crippen LogP) is 2.92. The van der Waals surface area contributed by atoms with Crippen molar-refractivity contribution in [3.8, 4) is 6.07 Å². The van der Waals surface area contributed by atoms with E-state index in [2.05, 4.69) is 11.4 Å². The Balaban J connectivity index is 1.65. The molecule has 0 saturated carbocycles. The van der Waals surface area contributed by atoms with Crippen molar-refractivity contribution in [1.29, 1.82) is 5.26 Å². The second kappa shape index (κ2) is 12.7. The summed E-state index contributed by atoms with van der Waals surface area (Å²) in [5.74, 6) is -5.31. The molecular formula is C28H39BF2N4O5. The van der Waals surface area contributed by atoms with Crippen molar-refractivity contribution >= 4 is 19.1 Å². The molecule has 1 unspecified atom stereocenters. The van der Waals surface area contributed by atoms with Crippen LogP contribution in [-0.2, 0) is 16.0 Å². The Bertz CT molecular complexity index is 1130. The number of carbonyl (C=O) groups excluding carboxylic acids is 2. The first-order valence-electron chi connectivity index (χ1n) is 13.5. The third-order valence-corrected chi connectivity index (χ3v) is 7.89. The van der Waals surface area contributed by atoms with Crippen molar-refractivity contribution < 1.29 is 33.2 Å². The summed E-state index contributed by atoms with van der Waals surface area (Å²) < 4.78 is 33.0. The molecule has 12 heteroatoms. The Morgan fingerprint density at radius 1 is 1.25 bits per heavy atom. The van der Waals surface area contributed by atoms with Crippen LogP contribution >= 0.6 is 0 Å². The third-order valence-electron chi connectivity index (χ3n) is 7.89. The van der Waals surface area contributed by atoms with Gasteiger partial charge < -0.3 is 25.0 Å². The van der Waals surface area contributed by atoms with Gasteiger partial charge in [-0.2, -0.15) is 5.26 Å². The third kappa shape index (κ3) is 7.80. The molecule has 1 aromatic carbocycles. The average Bonchev–Trinajstić information content (AvgIpc) is 3.45. The van der Waals surface area contributed by atoms with Crippen LogP contribution in [0.2, 0.25) is 0 Å². The van der Waals surface area contributed by atoms with Gasteiger partial charge in [-0.1, -0.05) is 36.4 Å². The number of ether oxygens (including phenoxy) is 1. The highest BCUT2D eigenvalue weighted by Gasteiger charge is 2.45. The summed E-state index contributed by atoms with van der Waals surface area (Å²) in [5, 5.41) is 31.9. The van der Waals surface area contributed by atoms with Gasteiger partial charge in [0.1, 0.15) is 12.5 Å². The highest BCUT2D eigenvalue weighted by atomic mass is 19.3. The van der Waals surface area contributed by atoms with Gasteiger partial charge in [0, 0.05) is 25.0 Å². The minimum Gasteiger partial charge on any atom is -0.447 e. The predicted molar refractivity (Wildman–Crippen MR) is 146 cm³/mol. The van der Waals surface area contributed by atoms with Crippen LogP contribution in [0.15, 0.2) is 42.0 Å². The molecule has 0 aromatic heterocycles. The molecule has 3 rings (SSSR count). The Labute approximate surface area is 234 Å². The van der Waals surface area contributed by atoms with Crippen LogP contribution in [0.1, 0.15) is 52.5 Å². The van der Waals surface area contributed by atoms with E-state index < -0.39 is 48.0 Å². The molecule has 2 aliphatic rings. The number of alkyl carbamates (subject to hydrolysis) is 1. The zero-order valence-corrected chi connectivity index (χ0v) is 23.6. The lowest BCUT2D eigenvalue weighted by molar-refractivity contribution is -0.137. The fourth-order valence-corrected chi connectivity index (χ4v) is 5.53. The van der Waals surface area contributed by atoms with Gasteiger partial charge in [-0.25, -0.2) is 13.6 Å². The van der Waals surface area contributed by atoms with Gasteiger partial charge in [0.2, 0.25) is 5.91 Å². The van der Waals surface area contributed by atoms with E-state index in [4.69, 9.17) is 4.74 Å². The Morgan fingerprint density at radius 3 is 2.50 bits per heavy atom. The number of benzene rings is 1. The van der Waals surface area contributed by atoms with Gasteiger partial charge in [0.25, 0.3) is 5.92 Å². The van der Waals surface area contributed by atoms with E-state index in [1.54, 1.807) is 67.8 Å². The number of rotatable bonds is 10. The summed E-state index contributed by atoms with van der Waals surface area (Å²) in [6.07, 6.45) is 1.99. The maximum atomic E-state index is 13.8. The highest BCUT2D eigenvalue weighted by Crippen LogP contribution is 2.35. The minimum atomic E-state index is -2.76. The first kappa shape index (κ1) is 31.5. The molecule has 2 amide bonds. The largest absolute Gasteiger partial charge is 0.475 e. The van der Waals surface area contributed by atoms with E-state index in [9.17, 15) is 33.7 Å². The summed E-state index contributed by atoms with van der Waals surface area (Å²) in [7, 11) is -1.81. The van der Waals surface area contributed by atoms with Crippen molar-refractivity contribution in [2.45, 2.75) is 76.3 Å². The lowest BCUT2D eigenvalue weighted by Gasteiger charge is -2.37. The monoisotopic (exact) mass is 560 g/mol. The number of amides is 2. The SMILES string of the molecule is C/C(=C\C(C)(C)N1CCC(F)(F)C1)C(C#N)C(=O)N1CCC[C@]1(C)COC(=O)N[C@@H](Cc1ccccc1)B(O)O. The van der Waals surface area contributed by atoms with Crippen molar-refractivity contribution in [3.05, 3.63) is 47.5 Å². The van der Waals surface area contributed by atoms with Gasteiger partial charge in [-0.15, -0.1) is 0 Å². The first-order valence-corrected chi connectivity index (χ1v) is 13.5. The summed E-state index contributed by atoms with van der Waals surface area (Å²) in [5.41, 5.74) is -0.375. The zero-order valence-electron chi connectivity index (χ0n) is 23.6. The van der Waals surface area contributed by atoms with E-state index in [-0.39, 0.29) is 32.5 Å². The summed E-state index contributed by atoms with van der Waals surface area (Å²) >= 11 is 0. The number of halogens is 2. The van der Waals surface area contributed by atoms with Gasteiger partial charge in [-0.3, -0.25) is 9.69 Å². The Kier molecular flexibility index (Phi) is 9.98. The first-order chi connectivity index (χ1) is 18.7. The molecule has 0 bridgehead atoms. The normalized spacial score (nSPS) is 22.9. The number of nitrogens with one attached hydrogen (secondary N) is 1. The Morgan fingerprint density at radius 2 is 1.93 bits per heavy atom. The fraction of sp³-hybridized carbons (Fsp3) is 0.607. The molecular weight excluding hydrogens is 521 g/mol. The number of likely N-dealkylation sites (tertiary alicyclic amines) is 2. The molecule has 0 spiro atoms. The molecule has 0 radical (unpaired) electrons. The number of carbonyl (C=O) groups is 2. The molecule has 3 N–H and O–H groups in total. The summed E-state index contributed by atoms with van der Waals surface area (Å²) in [4.78, 5) is 29.3. The molecule has 218 valence electrons. The summed E-state index contributed by atoms with van der Waals surface area (Å²) in [6, 6.07) is 11.1.